The molecule has 0 saturated carbocycles. The minimum atomic E-state index is -0.159. The number of ether oxygens (including phenoxy) is 3. The van der Waals surface area contributed by atoms with Gasteiger partial charge in [-0.1, -0.05) is 36.4 Å². The summed E-state index contributed by atoms with van der Waals surface area (Å²) in [5, 5.41) is 2.48. The van der Waals surface area contributed by atoms with E-state index >= 15 is 0 Å². The molecule has 2 aromatic carbocycles. The molecule has 0 aromatic heterocycles. The van der Waals surface area contributed by atoms with E-state index in [-0.39, 0.29) is 12.1 Å². The second kappa shape index (κ2) is 6.01. The van der Waals surface area contributed by atoms with Crippen LogP contribution >= 0.6 is 0 Å². The molecule has 0 amide bonds. The first-order valence-electron chi connectivity index (χ1n) is 8.89. The molecule has 0 saturated heterocycles. The van der Waals surface area contributed by atoms with Crippen LogP contribution in [0, 0.1) is 0 Å². The second-order valence-electron chi connectivity index (χ2n) is 6.83. The van der Waals surface area contributed by atoms with Crippen molar-refractivity contribution < 1.29 is 14.2 Å². The van der Waals surface area contributed by atoms with Gasteiger partial charge in [-0.3, -0.25) is 4.90 Å². The third kappa shape index (κ3) is 2.23. The number of methoxy groups -OCH3 is 2. The van der Waals surface area contributed by atoms with E-state index in [2.05, 4.69) is 59.5 Å². The zero-order valence-electron chi connectivity index (χ0n) is 14.9. The van der Waals surface area contributed by atoms with Crippen LogP contribution in [0.3, 0.4) is 0 Å². The molecular weight excluding hydrogens is 326 g/mol. The summed E-state index contributed by atoms with van der Waals surface area (Å²) in [6, 6.07) is 12.9. The molecule has 0 N–H and O–H groups in total. The van der Waals surface area contributed by atoms with Gasteiger partial charge in [-0.15, -0.1) is 0 Å². The largest absolute Gasteiger partial charge is 0.498 e. The first-order chi connectivity index (χ1) is 12.8. The topological polar surface area (TPSA) is 30.9 Å². The Hall–Kier alpha value is -2.56. The van der Waals surface area contributed by atoms with Crippen LogP contribution in [0.25, 0.3) is 10.8 Å². The van der Waals surface area contributed by atoms with Crippen molar-refractivity contribution in [3.8, 4) is 5.75 Å². The molecule has 0 fully saturated rings. The number of benzene rings is 2. The van der Waals surface area contributed by atoms with Gasteiger partial charge in [0.2, 0.25) is 0 Å². The summed E-state index contributed by atoms with van der Waals surface area (Å²) in [4.78, 5) is 2.36. The Morgan fingerprint density at radius 1 is 1.12 bits per heavy atom. The Morgan fingerprint density at radius 3 is 2.85 bits per heavy atom. The standard InChI is InChI=1S/C22H21NO3/c1-24-19-11-15-9-10-23-13-26-18-8-7-14-5-3-4-6-16(14)21(18)22(23)17(15)12-20(19)25-2/h3-9,11-12,20,22H,10,13H2,1-2H3. The van der Waals surface area contributed by atoms with Gasteiger partial charge in [-0.05, 0) is 40.1 Å². The first kappa shape index (κ1) is 15.7. The number of allylic oxidation sites excluding steroid dienone is 1. The lowest BCUT2D eigenvalue weighted by Gasteiger charge is -2.42. The fourth-order valence-corrected chi connectivity index (χ4v) is 4.26. The van der Waals surface area contributed by atoms with E-state index in [4.69, 9.17) is 14.2 Å². The average molecular weight is 347 g/mol. The van der Waals surface area contributed by atoms with Gasteiger partial charge in [-0.25, -0.2) is 0 Å². The van der Waals surface area contributed by atoms with Gasteiger partial charge < -0.3 is 14.2 Å². The van der Waals surface area contributed by atoms with Gasteiger partial charge in [0.05, 0.1) is 13.2 Å². The Balaban J connectivity index is 1.72. The van der Waals surface area contributed by atoms with Crippen LogP contribution in [0.5, 0.6) is 5.75 Å². The minimum absolute atomic E-state index is 0.159. The van der Waals surface area contributed by atoms with Crippen molar-refractivity contribution in [3.63, 3.8) is 0 Å². The predicted molar refractivity (Wildman–Crippen MR) is 101 cm³/mol. The highest BCUT2D eigenvalue weighted by atomic mass is 16.5. The third-order valence-corrected chi connectivity index (χ3v) is 5.53. The summed E-state index contributed by atoms with van der Waals surface area (Å²) in [7, 11) is 3.42. The summed E-state index contributed by atoms with van der Waals surface area (Å²) < 4.78 is 17.3. The van der Waals surface area contributed by atoms with Crippen molar-refractivity contribution >= 4 is 10.8 Å². The van der Waals surface area contributed by atoms with E-state index < -0.39 is 0 Å². The van der Waals surface area contributed by atoms with Gasteiger partial charge in [0.15, 0.2) is 0 Å². The highest BCUT2D eigenvalue weighted by Gasteiger charge is 2.38. The quantitative estimate of drug-likeness (QED) is 0.823. The maximum absolute atomic E-state index is 6.07. The van der Waals surface area contributed by atoms with Crippen LogP contribution < -0.4 is 4.74 Å². The molecule has 0 radical (unpaired) electrons. The summed E-state index contributed by atoms with van der Waals surface area (Å²) in [5.41, 5.74) is 3.73. The van der Waals surface area contributed by atoms with E-state index in [1.807, 2.05) is 0 Å². The first-order valence-corrected chi connectivity index (χ1v) is 8.89. The highest BCUT2D eigenvalue weighted by Crippen LogP contribution is 2.48. The maximum atomic E-state index is 6.07. The van der Waals surface area contributed by atoms with Crippen LogP contribution in [0.1, 0.15) is 11.6 Å². The molecule has 2 aliphatic heterocycles. The molecule has 0 bridgehead atoms. The van der Waals surface area contributed by atoms with E-state index in [9.17, 15) is 0 Å². The zero-order chi connectivity index (χ0) is 17.7. The van der Waals surface area contributed by atoms with Gasteiger partial charge in [0.25, 0.3) is 0 Å². The van der Waals surface area contributed by atoms with Gasteiger partial charge >= 0.3 is 0 Å². The average Bonchev–Trinajstić information content (AvgIpc) is 2.71. The van der Waals surface area contributed by atoms with Crippen molar-refractivity contribution in [2.45, 2.75) is 12.1 Å². The zero-order valence-corrected chi connectivity index (χ0v) is 14.9. The van der Waals surface area contributed by atoms with Crippen molar-refractivity contribution in [2.75, 3.05) is 27.5 Å². The number of fused-ring (bicyclic) bond motifs is 7. The smallest absolute Gasteiger partial charge is 0.143 e. The minimum Gasteiger partial charge on any atom is -0.498 e. The van der Waals surface area contributed by atoms with Crippen LogP contribution in [0.4, 0.5) is 0 Å². The van der Waals surface area contributed by atoms with Crippen molar-refractivity contribution in [2.24, 2.45) is 0 Å². The molecule has 132 valence electrons. The monoisotopic (exact) mass is 347 g/mol. The number of nitrogens with zero attached hydrogens (tertiary/aromatic N) is 1. The van der Waals surface area contributed by atoms with Crippen LogP contribution in [-0.4, -0.2) is 38.5 Å². The van der Waals surface area contributed by atoms with Crippen LogP contribution in [0.2, 0.25) is 0 Å². The third-order valence-electron chi connectivity index (χ3n) is 5.53. The number of hydrogen-bond acceptors (Lipinski definition) is 4. The normalized spacial score (nSPS) is 24.5. The molecule has 2 aromatic rings. The fraction of sp³-hybridized carbons (Fsp3) is 0.273. The maximum Gasteiger partial charge on any atom is 0.143 e. The van der Waals surface area contributed by atoms with Crippen LogP contribution in [0.15, 0.2) is 71.5 Å². The van der Waals surface area contributed by atoms with Crippen LogP contribution in [-0.2, 0) is 9.47 Å². The summed E-state index contributed by atoms with van der Waals surface area (Å²) in [6.45, 7) is 1.45. The van der Waals surface area contributed by atoms with Gasteiger partial charge in [0, 0.05) is 19.2 Å². The summed E-state index contributed by atoms with van der Waals surface area (Å²) >= 11 is 0. The molecule has 0 spiro atoms. The number of rotatable bonds is 2. The molecular formula is C22H21NO3. The van der Waals surface area contributed by atoms with Crippen molar-refractivity contribution in [3.05, 3.63) is 77.1 Å². The second-order valence-corrected chi connectivity index (χ2v) is 6.83. The molecule has 2 unspecified atom stereocenters. The molecule has 1 aliphatic carbocycles. The molecule has 26 heavy (non-hydrogen) atoms. The highest BCUT2D eigenvalue weighted by molar-refractivity contribution is 5.89. The van der Waals surface area contributed by atoms with E-state index in [0.29, 0.717) is 6.73 Å². The van der Waals surface area contributed by atoms with Crippen molar-refractivity contribution in [1.82, 2.24) is 4.90 Å². The molecule has 4 heteroatoms. The van der Waals surface area contributed by atoms with E-state index in [1.54, 1.807) is 14.2 Å². The van der Waals surface area contributed by atoms with Crippen molar-refractivity contribution in [1.29, 1.82) is 0 Å². The van der Waals surface area contributed by atoms with Gasteiger partial charge in [-0.2, -0.15) is 0 Å². The molecule has 3 aliphatic rings. The van der Waals surface area contributed by atoms with E-state index in [0.717, 1.165) is 18.1 Å². The SMILES string of the molecule is COC1=CC2=CCN3COc4ccc5ccccc5c4C3C2=CC1OC. The Kier molecular flexibility index (Phi) is 3.62. The van der Waals surface area contributed by atoms with Gasteiger partial charge in [0.1, 0.15) is 24.3 Å². The molecule has 2 atom stereocenters. The summed E-state index contributed by atoms with van der Waals surface area (Å²) in [5.74, 6) is 1.82. The van der Waals surface area contributed by atoms with E-state index in [1.165, 1.54) is 27.5 Å². The Bertz CT molecular complexity index is 973. The number of hydrogen-bond donors (Lipinski definition) is 0. The molecule has 4 nitrogen and oxygen atoms in total. The fourth-order valence-electron chi connectivity index (χ4n) is 4.26. The lowest BCUT2D eigenvalue weighted by Crippen LogP contribution is -2.41. The molecule has 5 rings (SSSR count). The predicted octanol–water partition coefficient (Wildman–Crippen LogP) is 3.96. The lowest BCUT2D eigenvalue weighted by molar-refractivity contribution is 0.0766. The molecule has 2 heterocycles. The Labute approximate surface area is 153 Å². The Morgan fingerprint density at radius 2 is 2.00 bits per heavy atom. The summed E-state index contributed by atoms with van der Waals surface area (Å²) in [6.07, 6.45) is 6.39. The lowest BCUT2D eigenvalue weighted by atomic mass is 9.82.